The molecular weight excluding hydrogens is 414 g/mol. The van der Waals surface area contributed by atoms with Crippen LogP contribution in [0.4, 0.5) is 8.78 Å². The fraction of sp³-hybridized carbons (Fsp3) is 0.727. The largest absolute Gasteiger partial charge is 0.300 e. The van der Waals surface area contributed by atoms with Crippen LogP contribution in [0.5, 0.6) is 0 Å². The summed E-state index contributed by atoms with van der Waals surface area (Å²) in [5.41, 5.74) is -2.80. The van der Waals surface area contributed by atoms with E-state index in [4.69, 9.17) is 0 Å². The SMILES string of the molecule is CC(=O)[C@H]1[C@@H](C)C[C@H]2[C@@H]3[C@H](Br)[C@@H](F)C4=CC(=O)C=C[C@]4(C)[C@@]3(F)CC[C@@]21C. The molecule has 0 unspecified atom stereocenters. The molecule has 0 aromatic carbocycles. The van der Waals surface area contributed by atoms with Crippen molar-refractivity contribution in [3.8, 4) is 0 Å². The number of ketones is 2. The van der Waals surface area contributed by atoms with Crippen LogP contribution in [0, 0.1) is 34.5 Å². The zero-order chi connectivity index (χ0) is 19.9. The molecule has 0 aromatic heterocycles. The van der Waals surface area contributed by atoms with Crippen molar-refractivity contribution >= 4 is 27.5 Å². The summed E-state index contributed by atoms with van der Waals surface area (Å²) in [5, 5.41) is 0. The summed E-state index contributed by atoms with van der Waals surface area (Å²) >= 11 is 3.50. The molecule has 0 spiro atoms. The Labute approximate surface area is 168 Å². The van der Waals surface area contributed by atoms with Gasteiger partial charge in [-0.1, -0.05) is 35.9 Å². The highest BCUT2D eigenvalue weighted by Crippen LogP contribution is 2.70. The Morgan fingerprint density at radius 3 is 2.59 bits per heavy atom. The molecule has 5 heteroatoms. The lowest BCUT2D eigenvalue weighted by Gasteiger charge is -2.62. The number of hydrogen-bond donors (Lipinski definition) is 0. The Bertz CT molecular complexity index is 776. The van der Waals surface area contributed by atoms with Crippen LogP contribution in [0.2, 0.25) is 0 Å². The first kappa shape index (κ1) is 19.5. The second-order valence-electron chi connectivity index (χ2n) is 9.69. The van der Waals surface area contributed by atoms with Gasteiger partial charge in [-0.15, -0.1) is 0 Å². The van der Waals surface area contributed by atoms with Crippen molar-refractivity contribution in [3.63, 3.8) is 0 Å². The molecule has 0 radical (unpaired) electrons. The number of hydrogen-bond acceptors (Lipinski definition) is 2. The van der Waals surface area contributed by atoms with E-state index >= 15 is 8.78 Å². The molecule has 3 fully saturated rings. The van der Waals surface area contributed by atoms with Crippen molar-refractivity contribution < 1.29 is 18.4 Å². The van der Waals surface area contributed by atoms with E-state index in [2.05, 4.69) is 29.8 Å². The second kappa shape index (κ2) is 5.84. The number of carbonyl (C=O) groups is 2. The zero-order valence-electron chi connectivity index (χ0n) is 16.3. The standard InChI is InChI=1S/C22H27BrF2O2/c1-11-9-14-17-18(23)19(24)15-10-13(27)5-6-21(15,4)22(17,25)8-7-20(14,3)16(11)12(2)26/h5-6,10-11,14,16-19H,7-9H2,1-4H3/t11-,14-,16+,17+,18-,19-,20-,21-,22+/m0/s1. The molecule has 0 amide bonds. The molecule has 4 rings (SSSR count). The van der Waals surface area contributed by atoms with Crippen LogP contribution in [0.25, 0.3) is 0 Å². The molecule has 148 valence electrons. The molecule has 0 bridgehead atoms. The molecule has 0 N–H and O–H groups in total. The minimum Gasteiger partial charge on any atom is -0.300 e. The van der Waals surface area contributed by atoms with E-state index in [1.807, 2.05) is 0 Å². The number of allylic oxidation sites excluding steroid dienone is 4. The maximum atomic E-state index is 16.9. The number of carbonyl (C=O) groups excluding carboxylic acids is 2. The Hall–Kier alpha value is -0.840. The monoisotopic (exact) mass is 440 g/mol. The predicted octanol–water partition coefficient (Wildman–Crippen LogP) is 5.16. The third kappa shape index (κ3) is 2.27. The summed E-state index contributed by atoms with van der Waals surface area (Å²) in [4.78, 5) is 23.6. The molecule has 4 aliphatic carbocycles. The van der Waals surface area contributed by atoms with Gasteiger partial charge in [0.05, 0.1) is 4.83 Å². The molecule has 0 saturated heterocycles. The Morgan fingerprint density at radius 1 is 1.30 bits per heavy atom. The summed E-state index contributed by atoms with van der Waals surface area (Å²) in [7, 11) is 0. The van der Waals surface area contributed by atoms with Crippen molar-refractivity contribution in [2.24, 2.45) is 34.5 Å². The van der Waals surface area contributed by atoms with E-state index in [0.29, 0.717) is 6.42 Å². The molecule has 9 atom stereocenters. The lowest BCUT2D eigenvalue weighted by molar-refractivity contribution is -0.144. The first-order valence-corrected chi connectivity index (χ1v) is 10.8. The number of fused-ring (bicyclic) bond motifs is 5. The Morgan fingerprint density at radius 2 is 1.96 bits per heavy atom. The molecular formula is C22H27BrF2O2. The third-order valence-corrected chi connectivity index (χ3v) is 9.47. The average molecular weight is 441 g/mol. The highest BCUT2D eigenvalue weighted by molar-refractivity contribution is 9.09. The smallest absolute Gasteiger partial charge is 0.178 e. The van der Waals surface area contributed by atoms with E-state index in [9.17, 15) is 9.59 Å². The van der Waals surface area contributed by atoms with Gasteiger partial charge in [0.15, 0.2) is 5.78 Å². The van der Waals surface area contributed by atoms with Crippen molar-refractivity contribution in [3.05, 3.63) is 23.8 Å². The lowest BCUT2D eigenvalue weighted by Crippen LogP contribution is -2.66. The van der Waals surface area contributed by atoms with Gasteiger partial charge in [-0.3, -0.25) is 9.59 Å². The lowest BCUT2D eigenvalue weighted by atomic mass is 9.45. The van der Waals surface area contributed by atoms with Crippen molar-refractivity contribution in [2.75, 3.05) is 0 Å². The van der Waals surface area contributed by atoms with Gasteiger partial charge in [0.1, 0.15) is 17.6 Å². The highest BCUT2D eigenvalue weighted by atomic mass is 79.9. The van der Waals surface area contributed by atoms with Gasteiger partial charge in [-0.2, -0.15) is 0 Å². The van der Waals surface area contributed by atoms with Crippen LogP contribution >= 0.6 is 15.9 Å². The van der Waals surface area contributed by atoms with Crippen molar-refractivity contribution in [1.29, 1.82) is 0 Å². The van der Waals surface area contributed by atoms with E-state index in [1.54, 1.807) is 19.9 Å². The summed E-state index contributed by atoms with van der Waals surface area (Å²) in [6, 6.07) is 0. The maximum Gasteiger partial charge on any atom is 0.178 e. The van der Waals surface area contributed by atoms with Crippen molar-refractivity contribution in [1.82, 2.24) is 0 Å². The van der Waals surface area contributed by atoms with Gasteiger partial charge < -0.3 is 0 Å². The van der Waals surface area contributed by atoms with Crippen LogP contribution in [0.15, 0.2) is 23.8 Å². The Kier molecular flexibility index (Phi) is 4.21. The molecule has 0 aromatic rings. The average Bonchev–Trinajstić information content (AvgIpc) is 2.85. The van der Waals surface area contributed by atoms with Crippen LogP contribution < -0.4 is 0 Å². The summed E-state index contributed by atoms with van der Waals surface area (Å²) in [5.74, 6) is -0.639. The molecule has 3 saturated carbocycles. The molecule has 4 aliphatic rings. The van der Waals surface area contributed by atoms with E-state index in [0.717, 1.165) is 6.42 Å². The van der Waals surface area contributed by atoms with Crippen LogP contribution in [0.3, 0.4) is 0 Å². The summed E-state index contributed by atoms with van der Waals surface area (Å²) < 4.78 is 32.3. The second-order valence-corrected chi connectivity index (χ2v) is 10.7. The maximum absolute atomic E-state index is 16.9. The van der Waals surface area contributed by atoms with Crippen LogP contribution in [-0.2, 0) is 9.59 Å². The topological polar surface area (TPSA) is 34.1 Å². The van der Waals surface area contributed by atoms with Gasteiger partial charge in [0.2, 0.25) is 0 Å². The van der Waals surface area contributed by atoms with Crippen LogP contribution in [-0.4, -0.2) is 28.2 Å². The van der Waals surface area contributed by atoms with E-state index in [1.165, 1.54) is 12.2 Å². The first-order valence-electron chi connectivity index (χ1n) is 9.90. The fourth-order valence-electron chi connectivity index (χ4n) is 7.26. The summed E-state index contributed by atoms with van der Waals surface area (Å²) in [6.07, 6.45) is 4.48. The molecule has 0 aliphatic heterocycles. The first-order chi connectivity index (χ1) is 12.5. The van der Waals surface area contributed by atoms with Gasteiger partial charge in [-0.25, -0.2) is 8.78 Å². The number of rotatable bonds is 1. The normalized spacial score (nSPS) is 54.0. The number of Topliss-reactive ketones (excluding diaryl/α,β-unsaturated/α-hetero) is 1. The van der Waals surface area contributed by atoms with Crippen LogP contribution in [0.1, 0.15) is 47.0 Å². The molecule has 27 heavy (non-hydrogen) atoms. The minimum atomic E-state index is -1.64. The van der Waals surface area contributed by atoms with Gasteiger partial charge in [0, 0.05) is 17.3 Å². The third-order valence-electron chi connectivity index (χ3n) is 8.44. The minimum absolute atomic E-state index is 0.0628. The van der Waals surface area contributed by atoms with E-state index < -0.39 is 28.0 Å². The molecule has 2 nitrogen and oxygen atoms in total. The number of alkyl halides is 3. The highest BCUT2D eigenvalue weighted by Gasteiger charge is 2.71. The number of halogens is 3. The fourth-order valence-corrected chi connectivity index (χ4v) is 8.33. The van der Waals surface area contributed by atoms with Gasteiger partial charge in [0.25, 0.3) is 0 Å². The molecule has 0 heterocycles. The van der Waals surface area contributed by atoms with Gasteiger partial charge in [-0.05, 0) is 68.1 Å². The quantitative estimate of drug-likeness (QED) is 0.527. The summed E-state index contributed by atoms with van der Waals surface area (Å²) in [6.45, 7) is 7.55. The Balaban J connectivity index is 1.85. The van der Waals surface area contributed by atoms with Crippen molar-refractivity contribution in [2.45, 2.75) is 63.6 Å². The zero-order valence-corrected chi connectivity index (χ0v) is 17.9. The predicted molar refractivity (Wildman–Crippen MR) is 104 cm³/mol. The van der Waals surface area contributed by atoms with Gasteiger partial charge >= 0.3 is 0 Å². The van der Waals surface area contributed by atoms with E-state index in [-0.39, 0.29) is 46.7 Å².